The first-order valence-electron chi connectivity index (χ1n) is 6.28. The minimum atomic E-state index is -0.153. The minimum Gasteiger partial charge on any atom is -0.496 e. The molecule has 0 heterocycles. The first-order valence-corrected chi connectivity index (χ1v) is 7.19. The van der Waals surface area contributed by atoms with Gasteiger partial charge in [-0.3, -0.25) is 4.79 Å². The standard InChI is InChI=1S/C14H17Cl2NO2/c1-19-12-3-2-10(16)8-11(12)13(18)17-9-14(4-5-14)6-7-15/h2-3,8H,4-7,9H2,1H3,(H,17,18). The van der Waals surface area contributed by atoms with Crippen molar-refractivity contribution in [2.45, 2.75) is 19.3 Å². The zero-order chi connectivity index (χ0) is 13.9. The molecule has 0 saturated heterocycles. The topological polar surface area (TPSA) is 38.3 Å². The predicted octanol–water partition coefficient (Wildman–Crippen LogP) is 3.49. The molecule has 1 amide bonds. The summed E-state index contributed by atoms with van der Waals surface area (Å²) in [7, 11) is 1.54. The van der Waals surface area contributed by atoms with Gasteiger partial charge in [0, 0.05) is 17.4 Å². The number of methoxy groups -OCH3 is 1. The van der Waals surface area contributed by atoms with Crippen molar-refractivity contribution in [1.82, 2.24) is 5.32 Å². The summed E-state index contributed by atoms with van der Waals surface area (Å²) in [5.74, 6) is 1.01. The van der Waals surface area contributed by atoms with E-state index in [-0.39, 0.29) is 11.3 Å². The number of halogens is 2. The first kappa shape index (κ1) is 14.5. The number of benzene rings is 1. The highest BCUT2D eigenvalue weighted by molar-refractivity contribution is 6.31. The van der Waals surface area contributed by atoms with Crippen molar-refractivity contribution in [3.05, 3.63) is 28.8 Å². The molecule has 5 heteroatoms. The van der Waals surface area contributed by atoms with Crippen LogP contribution in [-0.2, 0) is 0 Å². The molecule has 0 aromatic heterocycles. The molecule has 0 spiro atoms. The third-order valence-corrected chi connectivity index (χ3v) is 4.04. The molecule has 1 aromatic carbocycles. The van der Waals surface area contributed by atoms with E-state index < -0.39 is 0 Å². The van der Waals surface area contributed by atoms with Crippen LogP contribution in [0.4, 0.5) is 0 Å². The van der Waals surface area contributed by atoms with Crippen LogP contribution in [0.2, 0.25) is 5.02 Å². The van der Waals surface area contributed by atoms with Gasteiger partial charge in [-0.05, 0) is 42.9 Å². The van der Waals surface area contributed by atoms with E-state index in [9.17, 15) is 4.79 Å². The van der Waals surface area contributed by atoms with Crippen LogP contribution in [0.5, 0.6) is 5.75 Å². The Balaban J connectivity index is 2.02. The largest absolute Gasteiger partial charge is 0.496 e. The highest BCUT2D eigenvalue weighted by atomic mass is 35.5. The van der Waals surface area contributed by atoms with Gasteiger partial charge >= 0.3 is 0 Å². The van der Waals surface area contributed by atoms with Crippen LogP contribution in [0, 0.1) is 5.41 Å². The molecular formula is C14H17Cl2NO2. The Morgan fingerprint density at radius 1 is 1.47 bits per heavy atom. The van der Waals surface area contributed by atoms with Gasteiger partial charge in [-0.15, -0.1) is 11.6 Å². The maximum absolute atomic E-state index is 12.2. The average molecular weight is 302 g/mol. The average Bonchev–Trinajstić information content (AvgIpc) is 3.17. The molecule has 0 radical (unpaired) electrons. The smallest absolute Gasteiger partial charge is 0.255 e. The molecule has 104 valence electrons. The second kappa shape index (κ2) is 6.02. The normalized spacial score (nSPS) is 15.9. The summed E-state index contributed by atoms with van der Waals surface area (Å²) < 4.78 is 5.18. The zero-order valence-electron chi connectivity index (χ0n) is 10.8. The van der Waals surface area contributed by atoms with Crippen molar-refractivity contribution < 1.29 is 9.53 Å². The van der Waals surface area contributed by atoms with Crippen LogP contribution in [0.25, 0.3) is 0 Å². The lowest BCUT2D eigenvalue weighted by atomic mass is 10.0. The molecular weight excluding hydrogens is 285 g/mol. The van der Waals surface area contributed by atoms with Crippen molar-refractivity contribution in [1.29, 1.82) is 0 Å². The molecule has 0 unspecified atom stereocenters. The van der Waals surface area contributed by atoms with E-state index >= 15 is 0 Å². The number of hydrogen-bond acceptors (Lipinski definition) is 2. The van der Waals surface area contributed by atoms with Gasteiger partial charge in [0.25, 0.3) is 5.91 Å². The number of carbonyl (C=O) groups excluding carboxylic acids is 1. The molecule has 0 aliphatic heterocycles. The van der Waals surface area contributed by atoms with Crippen LogP contribution in [0.1, 0.15) is 29.6 Å². The van der Waals surface area contributed by atoms with Gasteiger partial charge in [0.05, 0.1) is 12.7 Å². The maximum atomic E-state index is 12.2. The summed E-state index contributed by atoms with van der Waals surface area (Å²) in [5, 5.41) is 3.47. The fourth-order valence-corrected chi connectivity index (χ4v) is 2.69. The van der Waals surface area contributed by atoms with Crippen molar-refractivity contribution in [3.8, 4) is 5.75 Å². The van der Waals surface area contributed by atoms with E-state index in [1.54, 1.807) is 18.2 Å². The van der Waals surface area contributed by atoms with Gasteiger partial charge < -0.3 is 10.1 Å². The third-order valence-electron chi connectivity index (χ3n) is 3.61. The SMILES string of the molecule is COc1ccc(Cl)cc1C(=O)NCC1(CCCl)CC1. The Morgan fingerprint density at radius 3 is 2.79 bits per heavy atom. The zero-order valence-corrected chi connectivity index (χ0v) is 12.4. The number of alkyl halides is 1. The van der Waals surface area contributed by atoms with Gasteiger partial charge in [0.1, 0.15) is 5.75 Å². The van der Waals surface area contributed by atoms with E-state index in [4.69, 9.17) is 27.9 Å². The molecule has 1 aliphatic rings. The quantitative estimate of drug-likeness (QED) is 0.817. The van der Waals surface area contributed by atoms with Crippen LogP contribution >= 0.6 is 23.2 Å². The van der Waals surface area contributed by atoms with Crippen LogP contribution in [-0.4, -0.2) is 25.4 Å². The summed E-state index contributed by atoms with van der Waals surface area (Å²) >= 11 is 11.7. The lowest BCUT2D eigenvalue weighted by molar-refractivity contribution is 0.0941. The van der Waals surface area contributed by atoms with Crippen molar-refractivity contribution in [3.63, 3.8) is 0 Å². The van der Waals surface area contributed by atoms with Gasteiger partial charge in [-0.2, -0.15) is 0 Å². The summed E-state index contributed by atoms with van der Waals surface area (Å²) in [4.78, 5) is 12.2. The van der Waals surface area contributed by atoms with Crippen molar-refractivity contribution in [2.75, 3.05) is 19.5 Å². The monoisotopic (exact) mass is 301 g/mol. The number of hydrogen-bond donors (Lipinski definition) is 1. The molecule has 1 aliphatic carbocycles. The van der Waals surface area contributed by atoms with E-state index in [1.165, 1.54) is 7.11 Å². The third kappa shape index (κ3) is 3.54. The molecule has 2 rings (SSSR count). The molecule has 0 atom stereocenters. The van der Waals surface area contributed by atoms with Crippen LogP contribution < -0.4 is 10.1 Å². The second-order valence-electron chi connectivity index (χ2n) is 4.97. The molecule has 3 nitrogen and oxygen atoms in total. The number of nitrogens with one attached hydrogen (secondary N) is 1. The number of rotatable bonds is 6. The first-order chi connectivity index (χ1) is 9.10. The van der Waals surface area contributed by atoms with E-state index in [2.05, 4.69) is 5.32 Å². The number of amides is 1. The van der Waals surface area contributed by atoms with E-state index in [0.29, 0.717) is 28.8 Å². The lowest BCUT2D eigenvalue weighted by Gasteiger charge is -2.15. The molecule has 1 fully saturated rings. The Hall–Kier alpha value is -0.930. The Morgan fingerprint density at radius 2 is 2.21 bits per heavy atom. The summed E-state index contributed by atoms with van der Waals surface area (Å²) in [6.07, 6.45) is 3.21. The Labute approximate surface area is 123 Å². The van der Waals surface area contributed by atoms with E-state index in [0.717, 1.165) is 19.3 Å². The lowest BCUT2D eigenvalue weighted by Crippen LogP contribution is -2.30. The molecule has 0 bridgehead atoms. The number of carbonyl (C=O) groups is 1. The highest BCUT2D eigenvalue weighted by Crippen LogP contribution is 2.48. The molecule has 19 heavy (non-hydrogen) atoms. The van der Waals surface area contributed by atoms with Gasteiger partial charge in [-0.25, -0.2) is 0 Å². The summed E-state index contributed by atoms with van der Waals surface area (Å²) in [6, 6.07) is 5.02. The Kier molecular flexibility index (Phi) is 4.58. The van der Waals surface area contributed by atoms with Gasteiger partial charge in [0.2, 0.25) is 0 Å². The second-order valence-corrected chi connectivity index (χ2v) is 5.78. The fourth-order valence-electron chi connectivity index (χ4n) is 2.11. The van der Waals surface area contributed by atoms with Gasteiger partial charge in [0.15, 0.2) is 0 Å². The fraction of sp³-hybridized carbons (Fsp3) is 0.500. The summed E-state index contributed by atoms with van der Waals surface area (Å²) in [5.41, 5.74) is 0.681. The van der Waals surface area contributed by atoms with Crippen LogP contribution in [0.3, 0.4) is 0 Å². The predicted molar refractivity (Wildman–Crippen MR) is 77.3 cm³/mol. The minimum absolute atomic E-state index is 0.153. The molecule has 1 N–H and O–H groups in total. The molecule has 1 aromatic rings. The maximum Gasteiger partial charge on any atom is 0.255 e. The van der Waals surface area contributed by atoms with Crippen LogP contribution in [0.15, 0.2) is 18.2 Å². The Bertz CT molecular complexity index is 473. The summed E-state index contributed by atoms with van der Waals surface area (Å²) in [6.45, 7) is 0.661. The number of ether oxygens (including phenoxy) is 1. The highest BCUT2D eigenvalue weighted by Gasteiger charge is 2.41. The van der Waals surface area contributed by atoms with Crippen molar-refractivity contribution in [2.24, 2.45) is 5.41 Å². The molecule has 1 saturated carbocycles. The van der Waals surface area contributed by atoms with E-state index in [1.807, 2.05) is 0 Å². The van der Waals surface area contributed by atoms with Gasteiger partial charge in [-0.1, -0.05) is 11.6 Å². The van der Waals surface area contributed by atoms with Crippen molar-refractivity contribution >= 4 is 29.1 Å².